The van der Waals surface area contributed by atoms with Crippen molar-refractivity contribution in [1.29, 1.82) is 0 Å². The lowest BCUT2D eigenvalue weighted by Gasteiger charge is -2.10. The first-order chi connectivity index (χ1) is 6.19. The lowest BCUT2D eigenvalue weighted by atomic mass is 10.1. The first-order valence-corrected chi connectivity index (χ1v) is 4.29. The van der Waals surface area contributed by atoms with Gasteiger partial charge in [0.2, 0.25) is 0 Å². The number of ether oxygens (including phenoxy) is 1. The molecule has 0 aliphatic carbocycles. The molecule has 0 fully saturated rings. The summed E-state index contributed by atoms with van der Waals surface area (Å²) in [7, 11) is 1.63. The van der Waals surface area contributed by atoms with E-state index in [4.69, 9.17) is 15.6 Å². The number of methoxy groups -OCH3 is 1. The number of hydrogen-bond donors (Lipinski definition) is 2. The highest BCUT2D eigenvalue weighted by Crippen LogP contribution is 2.22. The van der Waals surface area contributed by atoms with Gasteiger partial charge in [-0.2, -0.15) is 0 Å². The first-order valence-electron chi connectivity index (χ1n) is 4.29. The molecule has 1 aromatic rings. The van der Waals surface area contributed by atoms with E-state index in [2.05, 4.69) is 0 Å². The molecule has 0 spiro atoms. The van der Waals surface area contributed by atoms with E-state index in [9.17, 15) is 0 Å². The van der Waals surface area contributed by atoms with Gasteiger partial charge in [-0.1, -0.05) is 13.0 Å². The third-order valence-corrected chi connectivity index (χ3v) is 2.03. The second-order valence-electron chi connectivity index (χ2n) is 2.87. The van der Waals surface area contributed by atoms with Crippen LogP contribution in [0.1, 0.15) is 24.3 Å². The van der Waals surface area contributed by atoms with Crippen LogP contribution in [0, 0.1) is 0 Å². The van der Waals surface area contributed by atoms with Crippen molar-refractivity contribution in [2.75, 3.05) is 7.11 Å². The van der Waals surface area contributed by atoms with Gasteiger partial charge in [0.05, 0.1) is 7.11 Å². The van der Waals surface area contributed by atoms with Crippen LogP contribution in [0.2, 0.25) is 0 Å². The van der Waals surface area contributed by atoms with Crippen LogP contribution >= 0.6 is 0 Å². The topological polar surface area (TPSA) is 55.5 Å². The summed E-state index contributed by atoms with van der Waals surface area (Å²) in [4.78, 5) is 0. The van der Waals surface area contributed by atoms with Gasteiger partial charge in [-0.05, 0) is 29.7 Å². The van der Waals surface area contributed by atoms with Gasteiger partial charge < -0.3 is 15.6 Å². The molecule has 72 valence electrons. The van der Waals surface area contributed by atoms with Crippen LogP contribution in [-0.4, -0.2) is 12.2 Å². The molecule has 0 radical (unpaired) electrons. The standard InChI is InChI=1S/C10H15NO2/c1-3-7-6-8(10(11)12)4-5-9(7)13-2/h4-6,10,12H,3,11H2,1-2H3. The molecule has 0 heterocycles. The molecular formula is C10H15NO2. The molecule has 0 amide bonds. The van der Waals surface area contributed by atoms with E-state index >= 15 is 0 Å². The van der Waals surface area contributed by atoms with Gasteiger partial charge in [0, 0.05) is 0 Å². The van der Waals surface area contributed by atoms with E-state index in [0.717, 1.165) is 23.3 Å². The van der Waals surface area contributed by atoms with Crippen LogP contribution in [0.25, 0.3) is 0 Å². The Labute approximate surface area is 78.1 Å². The van der Waals surface area contributed by atoms with Crippen LogP contribution < -0.4 is 10.5 Å². The maximum absolute atomic E-state index is 9.14. The first kappa shape index (κ1) is 10.0. The predicted molar refractivity (Wildman–Crippen MR) is 51.5 cm³/mol. The molecule has 0 aliphatic heterocycles. The lowest BCUT2D eigenvalue weighted by molar-refractivity contribution is 0.186. The summed E-state index contributed by atoms with van der Waals surface area (Å²) in [5.41, 5.74) is 7.12. The van der Waals surface area contributed by atoms with Crippen molar-refractivity contribution in [2.24, 2.45) is 5.73 Å². The third kappa shape index (κ3) is 2.20. The van der Waals surface area contributed by atoms with Crippen molar-refractivity contribution < 1.29 is 9.84 Å². The van der Waals surface area contributed by atoms with Gasteiger partial charge in [0.1, 0.15) is 12.0 Å². The van der Waals surface area contributed by atoms with Crippen molar-refractivity contribution in [2.45, 2.75) is 19.6 Å². The molecular weight excluding hydrogens is 166 g/mol. The maximum atomic E-state index is 9.14. The van der Waals surface area contributed by atoms with E-state index in [0.29, 0.717) is 0 Å². The second kappa shape index (κ2) is 4.25. The van der Waals surface area contributed by atoms with Gasteiger partial charge >= 0.3 is 0 Å². The summed E-state index contributed by atoms with van der Waals surface area (Å²) < 4.78 is 5.15. The van der Waals surface area contributed by atoms with Gasteiger partial charge in [0.15, 0.2) is 0 Å². The Morgan fingerprint density at radius 2 is 2.23 bits per heavy atom. The maximum Gasteiger partial charge on any atom is 0.128 e. The minimum Gasteiger partial charge on any atom is -0.496 e. The van der Waals surface area contributed by atoms with Crippen molar-refractivity contribution in [1.82, 2.24) is 0 Å². The molecule has 3 heteroatoms. The quantitative estimate of drug-likeness (QED) is 0.689. The number of aryl methyl sites for hydroxylation is 1. The fraction of sp³-hybridized carbons (Fsp3) is 0.400. The van der Waals surface area contributed by atoms with Crippen molar-refractivity contribution in [3.05, 3.63) is 29.3 Å². The number of aliphatic hydroxyl groups is 1. The third-order valence-electron chi connectivity index (χ3n) is 2.03. The van der Waals surface area contributed by atoms with Gasteiger partial charge in [0.25, 0.3) is 0 Å². The highest BCUT2D eigenvalue weighted by atomic mass is 16.5. The molecule has 0 aromatic heterocycles. The predicted octanol–water partition coefficient (Wildman–Crippen LogP) is 1.21. The van der Waals surface area contributed by atoms with Gasteiger partial charge in [-0.25, -0.2) is 0 Å². The molecule has 0 saturated carbocycles. The van der Waals surface area contributed by atoms with E-state index in [1.807, 2.05) is 19.1 Å². The van der Waals surface area contributed by atoms with E-state index < -0.39 is 6.23 Å². The highest BCUT2D eigenvalue weighted by Gasteiger charge is 2.05. The van der Waals surface area contributed by atoms with Crippen LogP contribution in [0.15, 0.2) is 18.2 Å². The number of benzene rings is 1. The van der Waals surface area contributed by atoms with Crippen LogP contribution in [0.5, 0.6) is 5.75 Å². The summed E-state index contributed by atoms with van der Waals surface area (Å²) in [5, 5.41) is 9.14. The zero-order valence-corrected chi connectivity index (χ0v) is 7.95. The molecule has 0 aliphatic rings. The Bertz CT molecular complexity index is 284. The zero-order chi connectivity index (χ0) is 9.84. The van der Waals surface area contributed by atoms with E-state index in [-0.39, 0.29) is 0 Å². The van der Waals surface area contributed by atoms with Crippen LogP contribution in [0.4, 0.5) is 0 Å². The summed E-state index contributed by atoms with van der Waals surface area (Å²) in [6, 6.07) is 5.45. The molecule has 0 bridgehead atoms. The van der Waals surface area contributed by atoms with Crippen molar-refractivity contribution in [3.63, 3.8) is 0 Å². The Hall–Kier alpha value is -1.06. The van der Waals surface area contributed by atoms with E-state index in [1.54, 1.807) is 13.2 Å². The average Bonchev–Trinajstić information content (AvgIpc) is 2.16. The monoisotopic (exact) mass is 181 g/mol. The molecule has 3 nitrogen and oxygen atoms in total. The van der Waals surface area contributed by atoms with E-state index in [1.165, 1.54) is 0 Å². The number of rotatable bonds is 3. The number of nitrogens with two attached hydrogens (primary N) is 1. The van der Waals surface area contributed by atoms with Crippen molar-refractivity contribution in [3.8, 4) is 5.75 Å². The number of hydrogen-bond acceptors (Lipinski definition) is 3. The molecule has 13 heavy (non-hydrogen) atoms. The molecule has 3 N–H and O–H groups in total. The van der Waals surface area contributed by atoms with Crippen LogP contribution in [-0.2, 0) is 6.42 Å². The zero-order valence-electron chi connectivity index (χ0n) is 7.95. The number of aliphatic hydroxyl groups excluding tert-OH is 1. The molecule has 1 atom stereocenters. The Balaban J connectivity index is 3.05. The Kier molecular flexibility index (Phi) is 3.28. The SMILES string of the molecule is CCc1cc(C(N)O)ccc1OC. The summed E-state index contributed by atoms with van der Waals surface area (Å²) >= 11 is 0. The second-order valence-corrected chi connectivity index (χ2v) is 2.87. The van der Waals surface area contributed by atoms with Gasteiger partial charge in [-0.3, -0.25) is 0 Å². The highest BCUT2D eigenvalue weighted by molar-refractivity contribution is 5.37. The summed E-state index contributed by atoms with van der Waals surface area (Å²) in [5.74, 6) is 0.840. The normalized spacial score (nSPS) is 12.6. The smallest absolute Gasteiger partial charge is 0.128 e. The molecule has 1 rings (SSSR count). The summed E-state index contributed by atoms with van der Waals surface area (Å²) in [6.07, 6.45) is -0.0415. The Morgan fingerprint density at radius 1 is 1.54 bits per heavy atom. The lowest BCUT2D eigenvalue weighted by Crippen LogP contribution is -2.08. The van der Waals surface area contributed by atoms with Gasteiger partial charge in [-0.15, -0.1) is 0 Å². The largest absolute Gasteiger partial charge is 0.496 e. The average molecular weight is 181 g/mol. The minimum atomic E-state index is -0.906. The van der Waals surface area contributed by atoms with Crippen LogP contribution in [0.3, 0.4) is 0 Å². The van der Waals surface area contributed by atoms with Crippen molar-refractivity contribution >= 4 is 0 Å². The molecule has 1 unspecified atom stereocenters. The molecule has 0 saturated heterocycles. The summed E-state index contributed by atoms with van der Waals surface area (Å²) in [6.45, 7) is 2.03. The fourth-order valence-corrected chi connectivity index (χ4v) is 1.26. The minimum absolute atomic E-state index is 0.720. The Morgan fingerprint density at radius 3 is 2.69 bits per heavy atom. The fourth-order valence-electron chi connectivity index (χ4n) is 1.26. The molecule has 1 aromatic carbocycles.